The van der Waals surface area contributed by atoms with Crippen LogP contribution in [-0.2, 0) is 0 Å². The van der Waals surface area contributed by atoms with E-state index < -0.39 is 4.92 Å². The van der Waals surface area contributed by atoms with Crippen molar-refractivity contribution >= 4 is 64.8 Å². The number of ether oxygens (including phenoxy) is 1. The summed E-state index contributed by atoms with van der Waals surface area (Å²) in [6.45, 7) is 0. The zero-order valence-electron chi connectivity index (χ0n) is 8.39. The molecule has 0 fully saturated rings. The molecular formula is C9H3Br3N2O3S. The minimum absolute atomic E-state index is 0.0265. The predicted molar refractivity (Wildman–Crippen MR) is 78.4 cm³/mol. The number of thiazole rings is 1. The van der Waals surface area contributed by atoms with Crippen LogP contribution in [0.4, 0.5) is 5.69 Å². The van der Waals surface area contributed by atoms with Crippen molar-refractivity contribution in [3.05, 3.63) is 41.2 Å². The molecule has 18 heavy (non-hydrogen) atoms. The van der Waals surface area contributed by atoms with Crippen LogP contribution in [0.25, 0.3) is 0 Å². The predicted octanol–water partition coefficient (Wildman–Crippen LogP) is 5.13. The average Bonchev–Trinajstić information content (AvgIpc) is 2.69. The third-order valence-corrected chi connectivity index (χ3v) is 4.44. The molecule has 0 aliphatic rings. The lowest BCUT2D eigenvalue weighted by molar-refractivity contribution is -0.385. The maximum Gasteiger partial charge on any atom is 0.279 e. The Balaban J connectivity index is 2.37. The second-order valence-corrected chi connectivity index (χ2v) is 6.38. The Morgan fingerprint density at radius 3 is 2.33 bits per heavy atom. The Hall–Kier alpha value is -0.510. The van der Waals surface area contributed by atoms with E-state index in [1.807, 2.05) is 0 Å². The molecule has 1 aromatic heterocycles. The summed E-state index contributed by atoms with van der Waals surface area (Å²) in [5, 5.41) is 12.9. The normalized spacial score (nSPS) is 10.4. The lowest BCUT2D eigenvalue weighted by atomic mass is 10.3. The average molecular weight is 459 g/mol. The SMILES string of the molecule is O=[N+]([O-])c1cc(Br)c(Oc2nc(Br)cs2)c(Br)c1. The smallest absolute Gasteiger partial charge is 0.279 e. The molecule has 2 rings (SSSR count). The van der Waals surface area contributed by atoms with Gasteiger partial charge in [0.2, 0.25) is 0 Å². The molecule has 0 bridgehead atoms. The van der Waals surface area contributed by atoms with Gasteiger partial charge in [-0.25, -0.2) is 0 Å². The van der Waals surface area contributed by atoms with E-state index in [2.05, 4.69) is 52.8 Å². The highest BCUT2D eigenvalue weighted by Gasteiger charge is 2.16. The van der Waals surface area contributed by atoms with Crippen LogP contribution in [0.15, 0.2) is 31.1 Å². The molecule has 1 aromatic carbocycles. The molecule has 0 atom stereocenters. The van der Waals surface area contributed by atoms with Crippen LogP contribution in [0.3, 0.4) is 0 Å². The number of non-ortho nitro benzene ring substituents is 1. The highest BCUT2D eigenvalue weighted by Crippen LogP contribution is 2.40. The summed E-state index contributed by atoms with van der Waals surface area (Å²) in [5.74, 6) is 0.447. The Bertz CT molecular complexity index is 594. The van der Waals surface area contributed by atoms with Crippen molar-refractivity contribution in [3.63, 3.8) is 0 Å². The summed E-state index contributed by atoms with van der Waals surface area (Å²) in [4.78, 5) is 14.3. The third-order valence-electron chi connectivity index (χ3n) is 1.84. The highest BCUT2D eigenvalue weighted by molar-refractivity contribution is 9.11. The van der Waals surface area contributed by atoms with Gasteiger partial charge in [0.25, 0.3) is 10.9 Å². The molecule has 0 radical (unpaired) electrons. The second-order valence-electron chi connectivity index (χ2n) is 3.03. The minimum Gasteiger partial charge on any atom is -0.428 e. The van der Waals surface area contributed by atoms with E-state index in [0.29, 0.717) is 24.5 Å². The summed E-state index contributed by atoms with van der Waals surface area (Å²) >= 11 is 11.0. The molecule has 9 heteroatoms. The van der Waals surface area contributed by atoms with Crippen LogP contribution in [-0.4, -0.2) is 9.91 Å². The number of hydrogen-bond acceptors (Lipinski definition) is 5. The van der Waals surface area contributed by atoms with E-state index in [1.54, 1.807) is 5.38 Å². The highest BCUT2D eigenvalue weighted by atomic mass is 79.9. The van der Waals surface area contributed by atoms with Crippen molar-refractivity contribution in [2.45, 2.75) is 0 Å². The van der Waals surface area contributed by atoms with Gasteiger partial charge in [-0.05, 0) is 47.8 Å². The number of nitro groups is 1. The largest absolute Gasteiger partial charge is 0.428 e. The van der Waals surface area contributed by atoms with Gasteiger partial charge in [-0.1, -0.05) is 11.3 Å². The standard InChI is InChI=1S/C9H3Br3N2O3S/c10-5-1-4(14(15)16)2-6(11)8(5)17-9-13-7(12)3-18-9/h1-3H. The molecule has 0 amide bonds. The third kappa shape index (κ3) is 3.08. The Morgan fingerprint density at radius 1 is 1.28 bits per heavy atom. The fourth-order valence-corrected chi connectivity index (χ4v) is 3.54. The number of aromatic nitrogens is 1. The van der Waals surface area contributed by atoms with Gasteiger partial charge in [-0.3, -0.25) is 10.1 Å². The molecule has 5 nitrogen and oxygen atoms in total. The summed E-state index contributed by atoms with van der Waals surface area (Å²) in [5.41, 5.74) is -0.0265. The van der Waals surface area contributed by atoms with Crippen molar-refractivity contribution in [1.82, 2.24) is 4.98 Å². The summed E-state index contributed by atoms with van der Waals surface area (Å²) in [7, 11) is 0. The van der Waals surface area contributed by atoms with Gasteiger partial charge < -0.3 is 4.74 Å². The van der Waals surface area contributed by atoms with Crippen molar-refractivity contribution < 1.29 is 9.66 Å². The zero-order chi connectivity index (χ0) is 13.3. The Kier molecular flexibility index (Phi) is 4.36. The summed E-state index contributed by atoms with van der Waals surface area (Å²) in [6.07, 6.45) is 0. The zero-order valence-corrected chi connectivity index (χ0v) is 14.0. The molecule has 0 N–H and O–H groups in total. The van der Waals surface area contributed by atoms with Crippen molar-refractivity contribution in [2.75, 3.05) is 0 Å². The van der Waals surface area contributed by atoms with Gasteiger partial charge in [0.1, 0.15) is 4.60 Å². The van der Waals surface area contributed by atoms with Crippen LogP contribution in [0, 0.1) is 10.1 Å². The molecule has 0 aliphatic carbocycles. The van der Waals surface area contributed by atoms with Gasteiger partial charge in [0.15, 0.2) is 5.75 Å². The fourth-order valence-electron chi connectivity index (χ4n) is 1.12. The maximum atomic E-state index is 10.7. The first-order chi connectivity index (χ1) is 8.47. The van der Waals surface area contributed by atoms with E-state index in [0.717, 1.165) is 0 Å². The van der Waals surface area contributed by atoms with Gasteiger partial charge in [-0.15, -0.1) is 0 Å². The van der Waals surface area contributed by atoms with Crippen LogP contribution >= 0.6 is 59.1 Å². The van der Waals surface area contributed by atoms with Crippen LogP contribution < -0.4 is 4.74 Å². The minimum atomic E-state index is -0.473. The van der Waals surface area contributed by atoms with Crippen LogP contribution in [0.2, 0.25) is 0 Å². The number of rotatable bonds is 3. The van der Waals surface area contributed by atoms with Crippen LogP contribution in [0.1, 0.15) is 0 Å². The molecule has 0 saturated carbocycles. The second kappa shape index (κ2) is 5.64. The molecule has 0 unspecified atom stereocenters. The van der Waals surface area contributed by atoms with Gasteiger partial charge in [0, 0.05) is 17.5 Å². The van der Waals surface area contributed by atoms with Gasteiger partial charge >= 0.3 is 0 Å². The monoisotopic (exact) mass is 456 g/mol. The fraction of sp³-hybridized carbons (Fsp3) is 0. The lowest BCUT2D eigenvalue weighted by Crippen LogP contribution is -1.91. The molecule has 0 spiro atoms. The summed E-state index contributed by atoms with van der Waals surface area (Å²) in [6, 6.07) is 2.76. The van der Waals surface area contributed by atoms with Crippen molar-refractivity contribution in [2.24, 2.45) is 0 Å². The molecule has 1 heterocycles. The van der Waals surface area contributed by atoms with Crippen LogP contribution in [0.5, 0.6) is 10.9 Å². The van der Waals surface area contributed by atoms with E-state index in [9.17, 15) is 10.1 Å². The Morgan fingerprint density at radius 2 is 1.89 bits per heavy atom. The quantitative estimate of drug-likeness (QED) is 0.472. The van der Waals surface area contributed by atoms with E-state index >= 15 is 0 Å². The van der Waals surface area contributed by atoms with Crippen molar-refractivity contribution in [1.29, 1.82) is 0 Å². The molecule has 0 aliphatic heterocycles. The van der Waals surface area contributed by atoms with E-state index in [-0.39, 0.29) is 5.69 Å². The molecule has 94 valence electrons. The number of benzene rings is 1. The number of hydrogen-bond donors (Lipinski definition) is 0. The first-order valence-corrected chi connectivity index (χ1v) is 7.65. The number of halogens is 3. The topological polar surface area (TPSA) is 65.3 Å². The molecular weight excluding hydrogens is 456 g/mol. The molecule has 0 saturated heterocycles. The van der Waals surface area contributed by atoms with Crippen molar-refractivity contribution in [3.8, 4) is 10.9 Å². The lowest BCUT2D eigenvalue weighted by Gasteiger charge is -2.06. The molecule has 2 aromatic rings. The van der Waals surface area contributed by atoms with E-state index in [4.69, 9.17) is 4.74 Å². The first kappa shape index (κ1) is 13.9. The first-order valence-electron chi connectivity index (χ1n) is 4.39. The van der Waals surface area contributed by atoms with Gasteiger partial charge in [0.05, 0.1) is 13.9 Å². The number of nitrogens with zero attached hydrogens (tertiary/aromatic N) is 2. The number of nitro benzene ring substituents is 1. The Labute approximate surface area is 131 Å². The van der Waals surface area contributed by atoms with Gasteiger partial charge in [-0.2, -0.15) is 4.98 Å². The van der Waals surface area contributed by atoms with E-state index in [1.165, 1.54) is 23.5 Å². The maximum absolute atomic E-state index is 10.7. The summed E-state index contributed by atoms with van der Waals surface area (Å²) < 4.78 is 7.20.